The average Bonchev–Trinajstić information content (AvgIpc) is 2.41. The van der Waals surface area contributed by atoms with Gasteiger partial charge in [-0.1, -0.05) is 12.1 Å². The highest BCUT2D eigenvalue weighted by Crippen LogP contribution is 2.30. The number of carbonyl (C=O) groups is 1. The summed E-state index contributed by atoms with van der Waals surface area (Å²) < 4.78 is 0. The van der Waals surface area contributed by atoms with Crippen molar-refractivity contribution in [2.45, 2.75) is 4.90 Å². The van der Waals surface area contributed by atoms with Crippen LogP contribution in [0.25, 0.3) is 0 Å². The van der Waals surface area contributed by atoms with Crippen LogP contribution in [0.15, 0.2) is 47.4 Å². The number of hydrogen-bond acceptors (Lipinski definition) is 4. The van der Waals surface area contributed by atoms with Gasteiger partial charge < -0.3 is 16.2 Å². The summed E-state index contributed by atoms with van der Waals surface area (Å²) >= 11 is 1.63. The molecule has 0 saturated heterocycles. The fraction of sp³-hybridized carbons (Fsp3) is 0.0714. The van der Waals surface area contributed by atoms with Gasteiger partial charge in [0.25, 0.3) is 0 Å². The van der Waals surface area contributed by atoms with E-state index in [9.17, 15) is 4.79 Å². The second-order valence-corrected chi connectivity index (χ2v) is 4.78. The molecule has 0 atom stereocenters. The summed E-state index contributed by atoms with van der Waals surface area (Å²) in [7, 11) is 0. The molecule has 2 aromatic rings. The highest BCUT2D eigenvalue weighted by Gasteiger charge is 2.07. The van der Waals surface area contributed by atoms with Crippen LogP contribution in [0.5, 0.6) is 0 Å². The lowest BCUT2D eigenvalue weighted by Crippen LogP contribution is -2.01. The third-order valence-electron chi connectivity index (χ3n) is 2.67. The summed E-state index contributed by atoms with van der Waals surface area (Å²) in [6.45, 7) is 0. The number of carboxylic acid groups (broad SMARTS) is 1. The van der Waals surface area contributed by atoms with Crippen molar-refractivity contribution in [3.05, 3.63) is 48.0 Å². The van der Waals surface area contributed by atoms with Crippen molar-refractivity contribution in [3.63, 3.8) is 0 Å². The number of para-hydroxylation sites is 1. The molecule has 0 aliphatic rings. The quantitative estimate of drug-likeness (QED) is 0.588. The van der Waals surface area contributed by atoms with Gasteiger partial charge in [-0.3, -0.25) is 0 Å². The summed E-state index contributed by atoms with van der Waals surface area (Å²) in [5.41, 5.74) is 8.11. The monoisotopic (exact) mass is 274 g/mol. The fourth-order valence-electron chi connectivity index (χ4n) is 1.70. The van der Waals surface area contributed by atoms with Crippen LogP contribution < -0.4 is 11.1 Å². The van der Waals surface area contributed by atoms with Crippen LogP contribution in [-0.2, 0) is 0 Å². The van der Waals surface area contributed by atoms with E-state index in [1.807, 2.05) is 30.5 Å². The van der Waals surface area contributed by atoms with E-state index in [1.165, 1.54) is 12.1 Å². The van der Waals surface area contributed by atoms with Crippen molar-refractivity contribution in [2.24, 2.45) is 0 Å². The van der Waals surface area contributed by atoms with Gasteiger partial charge in [0.2, 0.25) is 0 Å². The van der Waals surface area contributed by atoms with E-state index in [4.69, 9.17) is 10.8 Å². The van der Waals surface area contributed by atoms with Crippen LogP contribution in [0.1, 0.15) is 10.4 Å². The van der Waals surface area contributed by atoms with Gasteiger partial charge in [-0.25, -0.2) is 4.79 Å². The summed E-state index contributed by atoms with van der Waals surface area (Å²) in [6.07, 6.45) is 2.00. The Labute approximate surface area is 115 Å². The molecule has 0 fully saturated rings. The Morgan fingerprint density at radius 2 is 1.95 bits per heavy atom. The molecule has 0 amide bonds. The smallest absolute Gasteiger partial charge is 0.335 e. The number of carboxylic acids is 1. The number of thioether (sulfide) groups is 1. The second-order valence-electron chi connectivity index (χ2n) is 3.93. The zero-order valence-electron chi connectivity index (χ0n) is 10.4. The lowest BCUT2D eigenvalue weighted by atomic mass is 10.1. The van der Waals surface area contributed by atoms with Crippen LogP contribution in [0.4, 0.5) is 17.1 Å². The van der Waals surface area contributed by atoms with E-state index in [0.29, 0.717) is 11.4 Å². The Bertz CT molecular complexity index is 614. The van der Waals surface area contributed by atoms with E-state index < -0.39 is 5.97 Å². The van der Waals surface area contributed by atoms with Gasteiger partial charge in [0.05, 0.1) is 22.6 Å². The second kappa shape index (κ2) is 5.67. The number of nitrogens with two attached hydrogens (primary N) is 1. The summed E-state index contributed by atoms with van der Waals surface area (Å²) in [5.74, 6) is -0.984. The Hall–Kier alpha value is -2.14. The van der Waals surface area contributed by atoms with E-state index >= 15 is 0 Å². The highest BCUT2D eigenvalue weighted by atomic mass is 32.2. The minimum absolute atomic E-state index is 0.182. The average molecular weight is 274 g/mol. The van der Waals surface area contributed by atoms with Crippen LogP contribution in [0.3, 0.4) is 0 Å². The van der Waals surface area contributed by atoms with Gasteiger partial charge in [-0.15, -0.1) is 11.8 Å². The van der Waals surface area contributed by atoms with Crippen molar-refractivity contribution < 1.29 is 9.90 Å². The Morgan fingerprint density at radius 3 is 2.58 bits per heavy atom. The molecular weight excluding hydrogens is 260 g/mol. The van der Waals surface area contributed by atoms with Gasteiger partial charge in [-0.05, 0) is 36.6 Å². The maximum absolute atomic E-state index is 10.8. The molecule has 19 heavy (non-hydrogen) atoms. The molecule has 98 valence electrons. The van der Waals surface area contributed by atoms with Gasteiger partial charge in [0, 0.05) is 4.90 Å². The number of nitrogen functional groups attached to an aromatic ring is 1. The molecule has 2 rings (SSSR count). The summed E-state index contributed by atoms with van der Waals surface area (Å²) in [5, 5.41) is 12.1. The van der Waals surface area contributed by atoms with Gasteiger partial charge in [0.15, 0.2) is 0 Å². The first-order chi connectivity index (χ1) is 9.11. The maximum atomic E-state index is 10.8. The SMILES string of the molecule is CSc1ccccc1Nc1ccc(C(=O)O)cc1N. The van der Waals surface area contributed by atoms with Gasteiger partial charge in [0.1, 0.15) is 0 Å². The molecule has 0 aliphatic carbocycles. The van der Waals surface area contributed by atoms with Gasteiger partial charge >= 0.3 is 5.97 Å². The molecule has 4 nitrogen and oxygen atoms in total. The normalized spacial score (nSPS) is 10.2. The first-order valence-electron chi connectivity index (χ1n) is 5.64. The molecule has 0 spiro atoms. The number of hydrogen-bond donors (Lipinski definition) is 3. The first-order valence-corrected chi connectivity index (χ1v) is 6.87. The minimum Gasteiger partial charge on any atom is -0.478 e. The first kappa shape index (κ1) is 13.3. The van der Waals surface area contributed by atoms with E-state index in [1.54, 1.807) is 17.8 Å². The summed E-state index contributed by atoms with van der Waals surface area (Å²) in [6, 6.07) is 12.5. The number of anilines is 3. The molecule has 0 bridgehead atoms. The maximum Gasteiger partial charge on any atom is 0.335 e. The lowest BCUT2D eigenvalue weighted by Gasteiger charge is -2.12. The molecule has 0 aromatic heterocycles. The third kappa shape index (κ3) is 3.00. The molecule has 2 aromatic carbocycles. The predicted molar refractivity (Wildman–Crippen MR) is 79.3 cm³/mol. The number of rotatable bonds is 4. The molecule has 0 radical (unpaired) electrons. The van der Waals surface area contributed by atoms with Crippen molar-refractivity contribution in [2.75, 3.05) is 17.3 Å². The lowest BCUT2D eigenvalue weighted by molar-refractivity contribution is 0.0697. The largest absolute Gasteiger partial charge is 0.478 e. The topological polar surface area (TPSA) is 75.3 Å². The van der Waals surface area contributed by atoms with Crippen molar-refractivity contribution >= 4 is 34.8 Å². The highest BCUT2D eigenvalue weighted by molar-refractivity contribution is 7.98. The van der Waals surface area contributed by atoms with Crippen LogP contribution in [0.2, 0.25) is 0 Å². The molecular formula is C14H14N2O2S. The minimum atomic E-state index is -0.984. The predicted octanol–water partition coefficient (Wildman–Crippen LogP) is 3.43. The third-order valence-corrected chi connectivity index (χ3v) is 3.47. The number of benzene rings is 2. The summed E-state index contributed by atoms with van der Waals surface area (Å²) in [4.78, 5) is 11.9. The molecule has 0 heterocycles. The number of nitrogens with one attached hydrogen (secondary N) is 1. The molecule has 0 unspecified atom stereocenters. The molecule has 4 N–H and O–H groups in total. The Morgan fingerprint density at radius 1 is 1.21 bits per heavy atom. The zero-order chi connectivity index (χ0) is 13.8. The van der Waals surface area contributed by atoms with Crippen molar-refractivity contribution in [3.8, 4) is 0 Å². The molecule has 0 aliphatic heterocycles. The number of aromatic carboxylic acids is 1. The standard InChI is InChI=1S/C14H14N2O2S/c1-19-13-5-3-2-4-12(13)16-11-7-6-9(14(17)18)8-10(11)15/h2-8,16H,15H2,1H3,(H,17,18). The Kier molecular flexibility index (Phi) is 3.97. The van der Waals surface area contributed by atoms with Crippen molar-refractivity contribution in [1.82, 2.24) is 0 Å². The van der Waals surface area contributed by atoms with Crippen LogP contribution in [-0.4, -0.2) is 17.3 Å². The molecule has 0 saturated carbocycles. The van der Waals surface area contributed by atoms with Crippen LogP contribution >= 0.6 is 11.8 Å². The fourth-order valence-corrected chi connectivity index (χ4v) is 2.26. The Balaban J connectivity index is 2.31. The van der Waals surface area contributed by atoms with Crippen LogP contribution in [0, 0.1) is 0 Å². The molecule has 5 heteroatoms. The van der Waals surface area contributed by atoms with E-state index in [2.05, 4.69) is 5.32 Å². The van der Waals surface area contributed by atoms with E-state index in [0.717, 1.165) is 10.6 Å². The van der Waals surface area contributed by atoms with Gasteiger partial charge in [-0.2, -0.15) is 0 Å². The zero-order valence-corrected chi connectivity index (χ0v) is 11.2. The van der Waals surface area contributed by atoms with Crippen molar-refractivity contribution in [1.29, 1.82) is 0 Å². The van der Waals surface area contributed by atoms with E-state index in [-0.39, 0.29) is 5.56 Å².